The number of anilines is 1. The summed E-state index contributed by atoms with van der Waals surface area (Å²) in [5.41, 5.74) is 1.92. The van der Waals surface area contributed by atoms with Gasteiger partial charge in [-0.1, -0.05) is 34.1 Å². The Morgan fingerprint density at radius 3 is 2.56 bits per heavy atom. The highest BCUT2D eigenvalue weighted by Crippen LogP contribution is 2.36. The van der Waals surface area contributed by atoms with Gasteiger partial charge in [0.1, 0.15) is 35.0 Å². The minimum Gasteiger partial charge on any atom is -0.495 e. The van der Waals surface area contributed by atoms with Crippen molar-refractivity contribution in [2.45, 2.75) is 6.61 Å². The van der Waals surface area contributed by atoms with Crippen LogP contribution < -0.4 is 14.8 Å². The van der Waals surface area contributed by atoms with Crippen molar-refractivity contribution in [3.63, 3.8) is 0 Å². The topological polar surface area (TPSA) is 73.8 Å². The van der Waals surface area contributed by atoms with Crippen LogP contribution in [0.25, 0.3) is 21.9 Å². The van der Waals surface area contributed by atoms with Crippen molar-refractivity contribution in [2.75, 3.05) is 12.4 Å². The van der Waals surface area contributed by atoms with Gasteiger partial charge in [-0.2, -0.15) is 0 Å². The number of carbonyl (C=O) groups excluding carboxylic acids is 1. The average molecular weight is 492 g/mol. The molecule has 0 saturated carbocycles. The number of amides is 1. The predicted molar refractivity (Wildman–Crippen MR) is 125 cm³/mol. The minimum atomic E-state index is -0.395. The maximum absolute atomic E-state index is 12.8. The first-order valence-electron chi connectivity index (χ1n) is 9.88. The van der Waals surface area contributed by atoms with Gasteiger partial charge in [0.2, 0.25) is 0 Å². The quantitative estimate of drug-likeness (QED) is 0.283. The van der Waals surface area contributed by atoms with E-state index in [1.165, 1.54) is 0 Å². The van der Waals surface area contributed by atoms with Crippen molar-refractivity contribution >= 4 is 49.5 Å². The van der Waals surface area contributed by atoms with Gasteiger partial charge in [-0.15, -0.1) is 0 Å². The lowest BCUT2D eigenvalue weighted by Crippen LogP contribution is -2.11. The maximum atomic E-state index is 12.8. The first-order valence-corrected chi connectivity index (χ1v) is 10.7. The van der Waals surface area contributed by atoms with E-state index >= 15 is 0 Å². The Bertz CT molecular complexity index is 1420. The summed E-state index contributed by atoms with van der Waals surface area (Å²) >= 11 is 3.39. The average Bonchev–Trinajstić information content (AvgIpc) is 3.42. The number of methoxy groups -OCH3 is 1. The number of hydrogen-bond donors (Lipinski definition) is 1. The Kier molecular flexibility index (Phi) is 5.33. The molecule has 2 heterocycles. The summed E-state index contributed by atoms with van der Waals surface area (Å²) in [6.07, 6.45) is 0. The summed E-state index contributed by atoms with van der Waals surface area (Å²) in [4.78, 5) is 12.8. The zero-order chi connectivity index (χ0) is 22.1. The second-order valence-corrected chi connectivity index (χ2v) is 8.03. The highest BCUT2D eigenvalue weighted by Gasteiger charge is 2.17. The fourth-order valence-electron chi connectivity index (χ4n) is 3.46. The highest BCUT2D eigenvalue weighted by atomic mass is 79.9. The Hall–Kier alpha value is -3.71. The van der Waals surface area contributed by atoms with Gasteiger partial charge in [0.15, 0.2) is 5.76 Å². The molecule has 0 radical (unpaired) electrons. The van der Waals surface area contributed by atoms with Crippen molar-refractivity contribution in [3.8, 4) is 11.5 Å². The predicted octanol–water partition coefficient (Wildman–Crippen LogP) is 6.78. The smallest absolute Gasteiger partial charge is 0.291 e. The van der Waals surface area contributed by atoms with Gasteiger partial charge in [-0.05, 0) is 48.5 Å². The molecule has 5 aromatic rings. The van der Waals surface area contributed by atoms with Crippen molar-refractivity contribution in [3.05, 3.63) is 88.8 Å². The molecule has 0 saturated heterocycles. The van der Waals surface area contributed by atoms with Crippen molar-refractivity contribution in [1.29, 1.82) is 0 Å². The lowest BCUT2D eigenvalue weighted by Gasteiger charge is -2.09. The van der Waals surface area contributed by atoms with Crippen LogP contribution in [0, 0.1) is 0 Å². The van der Waals surface area contributed by atoms with Gasteiger partial charge in [-0.3, -0.25) is 4.79 Å². The Labute approximate surface area is 191 Å². The summed E-state index contributed by atoms with van der Waals surface area (Å²) in [6, 6.07) is 22.2. The molecule has 0 fully saturated rings. The number of para-hydroxylation sites is 1. The van der Waals surface area contributed by atoms with Crippen LogP contribution in [-0.4, -0.2) is 13.0 Å². The fourth-order valence-corrected chi connectivity index (χ4v) is 3.73. The number of halogens is 1. The van der Waals surface area contributed by atoms with Crippen molar-refractivity contribution < 1.29 is 23.1 Å². The number of nitrogens with one attached hydrogen (secondary N) is 1. The zero-order valence-electron chi connectivity index (χ0n) is 17.1. The number of carbonyl (C=O) groups is 1. The molecule has 0 aliphatic heterocycles. The molecule has 0 aliphatic rings. The molecule has 0 spiro atoms. The highest BCUT2D eigenvalue weighted by molar-refractivity contribution is 9.10. The van der Waals surface area contributed by atoms with Gasteiger partial charge in [0, 0.05) is 21.3 Å². The van der Waals surface area contributed by atoms with Crippen LogP contribution in [0.4, 0.5) is 5.69 Å². The number of fused-ring (bicyclic) bond motifs is 3. The van der Waals surface area contributed by atoms with Gasteiger partial charge in [-0.25, -0.2) is 0 Å². The van der Waals surface area contributed by atoms with E-state index in [0.717, 1.165) is 20.8 Å². The van der Waals surface area contributed by atoms with E-state index in [1.807, 2.05) is 54.6 Å². The second kappa shape index (κ2) is 8.43. The summed E-state index contributed by atoms with van der Waals surface area (Å²) < 4.78 is 23.7. The van der Waals surface area contributed by atoms with Crippen LogP contribution in [0.1, 0.15) is 16.3 Å². The lowest BCUT2D eigenvalue weighted by atomic mass is 10.1. The van der Waals surface area contributed by atoms with Crippen molar-refractivity contribution in [1.82, 2.24) is 0 Å². The first-order chi connectivity index (χ1) is 15.6. The summed E-state index contributed by atoms with van der Waals surface area (Å²) in [5.74, 6) is 1.56. The van der Waals surface area contributed by atoms with Crippen LogP contribution in [0.2, 0.25) is 0 Å². The molecule has 1 amide bonds. The number of benzene rings is 3. The monoisotopic (exact) mass is 491 g/mol. The van der Waals surface area contributed by atoms with Gasteiger partial charge in [0.25, 0.3) is 5.91 Å². The summed E-state index contributed by atoms with van der Waals surface area (Å²) in [7, 11) is 1.56. The molecule has 3 aromatic carbocycles. The largest absolute Gasteiger partial charge is 0.495 e. The first kappa shape index (κ1) is 20.2. The second-order valence-electron chi connectivity index (χ2n) is 7.11. The van der Waals surface area contributed by atoms with Crippen LogP contribution >= 0.6 is 15.9 Å². The molecule has 0 aliphatic carbocycles. The standard InChI is InChI=1S/C25H18BrNO5/c1-29-24-12-19-18-4-2-3-5-21(18)32-23(19)13-20(24)27-25(28)22-11-10-17(31-22)14-30-16-8-6-15(26)7-9-16/h2-13H,14H2,1H3,(H,27,28). The van der Waals surface area contributed by atoms with Gasteiger partial charge in [0.05, 0.1) is 12.8 Å². The Morgan fingerprint density at radius 1 is 0.938 bits per heavy atom. The molecular weight excluding hydrogens is 474 g/mol. The van der Waals surface area contributed by atoms with E-state index in [-0.39, 0.29) is 12.4 Å². The van der Waals surface area contributed by atoms with Crippen LogP contribution in [0.3, 0.4) is 0 Å². The third kappa shape index (κ3) is 3.94. The summed E-state index contributed by atoms with van der Waals surface area (Å²) in [6.45, 7) is 0.211. The number of hydrogen-bond acceptors (Lipinski definition) is 5. The minimum absolute atomic E-state index is 0.172. The van der Waals surface area contributed by atoms with Crippen LogP contribution in [0.5, 0.6) is 11.5 Å². The molecule has 1 N–H and O–H groups in total. The zero-order valence-corrected chi connectivity index (χ0v) is 18.6. The number of furan rings is 2. The number of ether oxygens (including phenoxy) is 2. The Balaban J connectivity index is 1.34. The molecule has 0 atom stereocenters. The normalized spacial score (nSPS) is 11.1. The van der Waals surface area contributed by atoms with Crippen LogP contribution in [0.15, 0.2) is 86.1 Å². The lowest BCUT2D eigenvalue weighted by molar-refractivity contribution is 0.0992. The van der Waals surface area contributed by atoms with E-state index in [9.17, 15) is 4.79 Å². The van der Waals surface area contributed by atoms with E-state index in [1.54, 1.807) is 25.3 Å². The molecule has 0 bridgehead atoms. The third-order valence-corrected chi connectivity index (χ3v) is 5.56. The molecule has 7 heteroatoms. The SMILES string of the molecule is COc1cc2c(cc1NC(=O)c1ccc(COc3ccc(Br)cc3)o1)oc1ccccc12. The van der Waals surface area contributed by atoms with Gasteiger partial charge < -0.3 is 23.6 Å². The van der Waals surface area contributed by atoms with E-state index < -0.39 is 5.91 Å². The molecule has 2 aromatic heterocycles. The molecule has 5 rings (SSSR count). The maximum Gasteiger partial charge on any atom is 0.291 e. The third-order valence-electron chi connectivity index (χ3n) is 5.03. The Morgan fingerprint density at radius 2 is 1.75 bits per heavy atom. The van der Waals surface area contributed by atoms with Gasteiger partial charge >= 0.3 is 0 Å². The van der Waals surface area contributed by atoms with E-state index in [4.69, 9.17) is 18.3 Å². The van der Waals surface area contributed by atoms with Crippen molar-refractivity contribution in [2.24, 2.45) is 0 Å². The molecule has 0 unspecified atom stereocenters. The van der Waals surface area contributed by atoms with E-state index in [2.05, 4.69) is 21.2 Å². The fraction of sp³-hybridized carbons (Fsp3) is 0.0800. The molecule has 6 nitrogen and oxygen atoms in total. The molecule has 32 heavy (non-hydrogen) atoms. The number of rotatable bonds is 6. The molecular formula is C25H18BrNO5. The van der Waals surface area contributed by atoms with E-state index in [0.29, 0.717) is 28.5 Å². The van der Waals surface area contributed by atoms with Crippen LogP contribution in [-0.2, 0) is 6.61 Å². The molecule has 160 valence electrons. The summed E-state index contributed by atoms with van der Waals surface area (Å²) in [5, 5.41) is 4.75.